The van der Waals surface area contributed by atoms with E-state index in [1.165, 1.54) is 25.7 Å². The predicted octanol–water partition coefficient (Wildman–Crippen LogP) is 3.55. The van der Waals surface area contributed by atoms with Crippen molar-refractivity contribution in [1.82, 2.24) is 0 Å². The van der Waals surface area contributed by atoms with Gasteiger partial charge in [-0.2, -0.15) is 0 Å². The highest BCUT2D eigenvalue weighted by Gasteiger charge is 2.18. The van der Waals surface area contributed by atoms with E-state index in [9.17, 15) is 0 Å². The van der Waals surface area contributed by atoms with Crippen molar-refractivity contribution in [3.8, 4) is 0 Å². The second-order valence-corrected chi connectivity index (χ2v) is 3.37. The fourth-order valence-corrected chi connectivity index (χ4v) is 1.75. The third kappa shape index (κ3) is 2.21. The zero-order valence-electron chi connectivity index (χ0n) is 7.42. The Morgan fingerprint density at radius 1 is 1.64 bits per heavy atom. The molecule has 2 atom stereocenters. The Bertz CT molecular complexity index is 144. The normalized spacial score (nSPS) is 29.2. The molecule has 0 bridgehead atoms. The molecule has 0 heterocycles. The van der Waals surface area contributed by atoms with E-state index >= 15 is 0 Å². The molecular formula is C11H18. The van der Waals surface area contributed by atoms with Gasteiger partial charge in [-0.3, -0.25) is 0 Å². The van der Waals surface area contributed by atoms with Crippen LogP contribution in [0.3, 0.4) is 0 Å². The predicted molar refractivity (Wildman–Crippen MR) is 50.5 cm³/mol. The first-order valence-corrected chi connectivity index (χ1v) is 4.67. The van der Waals surface area contributed by atoms with E-state index in [1.807, 2.05) is 0 Å². The largest absolute Gasteiger partial charge is 0.103 e. The Kier molecular flexibility index (Phi) is 3.41. The van der Waals surface area contributed by atoms with Gasteiger partial charge in [0, 0.05) is 0 Å². The molecule has 0 heteroatoms. The third-order valence-electron chi connectivity index (χ3n) is 2.54. The topological polar surface area (TPSA) is 0 Å². The fourth-order valence-electron chi connectivity index (χ4n) is 1.75. The van der Waals surface area contributed by atoms with Crippen molar-refractivity contribution in [2.75, 3.05) is 0 Å². The Morgan fingerprint density at radius 3 is 3.09 bits per heavy atom. The maximum Gasteiger partial charge on any atom is -0.0139 e. The molecule has 0 amide bonds. The summed E-state index contributed by atoms with van der Waals surface area (Å²) in [4.78, 5) is 0. The van der Waals surface area contributed by atoms with Crippen LogP contribution in [0.5, 0.6) is 0 Å². The Balaban J connectivity index is 2.30. The van der Waals surface area contributed by atoms with Crippen LogP contribution >= 0.6 is 0 Å². The first-order chi connectivity index (χ1) is 5.38. The molecule has 1 rings (SSSR count). The number of unbranched alkanes of at least 4 members (excludes halogenated alkanes) is 1. The van der Waals surface area contributed by atoms with Gasteiger partial charge in [-0.25, -0.2) is 0 Å². The number of allylic oxidation sites excluding steroid dienone is 3. The van der Waals surface area contributed by atoms with Crippen molar-refractivity contribution < 1.29 is 0 Å². The van der Waals surface area contributed by atoms with E-state index in [4.69, 9.17) is 0 Å². The summed E-state index contributed by atoms with van der Waals surface area (Å²) in [5.41, 5.74) is 0. The van der Waals surface area contributed by atoms with Crippen LogP contribution in [0, 0.1) is 11.8 Å². The molecule has 0 aromatic heterocycles. The van der Waals surface area contributed by atoms with Gasteiger partial charge in [-0.05, 0) is 24.7 Å². The average Bonchev–Trinajstić information content (AvgIpc) is 2.47. The van der Waals surface area contributed by atoms with Crippen LogP contribution in [0.1, 0.15) is 32.6 Å². The van der Waals surface area contributed by atoms with Crippen molar-refractivity contribution in [1.29, 1.82) is 0 Å². The monoisotopic (exact) mass is 150 g/mol. The molecule has 0 spiro atoms. The minimum absolute atomic E-state index is 0.738. The fraction of sp³-hybridized carbons (Fsp3) is 0.636. The van der Waals surface area contributed by atoms with Crippen molar-refractivity contribution in [2.24, 2.45) is 11.8 Å². The van der Waals surface area contributed by atoms with Gasteiger partial charge >= 0.3 is 0 Å². The molecule has 0 fully saturated rings. The molecule has 62 valence electrons. The summed E-state index contributed by atoms with van der Waals surface area (Å²) in [5.74, 6) is 1.54. The van der Waals surface area contributed by atoms with E-state index in [0.29, 0.717) is 0 Å². The highest BCUT2D eigenvalue weighted by Crippen LogP contribution is 2.29. The van der Waals surface area contributed by atoms with Gasteiger partial charge in [0.1, 0.15) is 0 Å². The van der Waals surface area contributed by atoms with Gasteiger partial charge in [-0.1, -0.05) is 38.0 Å². The molecule has 1 aliphatic carbocycles. The lowest BCUT2D eigenvalue weighted by atomic mass is 9.91. The molecule has 0 aliphatic heterocycles. The first-order valence-electron chi connectivity index (χ1n) is 4.67. The van der Waals surface area contributed by atoms with Crippen molar-refractivity contribution >= 4 is 0 Å². The number of hydrogen-bond acceptors (Lipinski definition) is 0. The summed E-state index contributed by atoms with van der Waals surface area (Å²) < 4.78 is 0. The lowest BCUT2D eigenvalue weighted by molar-refractivity contribution is 0.460. The first kappa shape index (κ1) is 8.58. The zero-order valence-corrected chi connectivity index (χ0v) is 7.42. The Labute approximate surface area is 70.0 Å². The molecule has 0 saturated carbocycles. The third-order valence-corrected chi connectivity index (χ3v) is 2.54. The lowest BCUT2D eigenvalue weighted by Gasteiger charge is -2.14. The molecule has 0 aromatic carbocycles. The Hall–Kier alpha value is -0.520. The molecule has 0 radical (unpaired) electrons. The van der Waals surface area contributed by atoms with Crippen LogP contribution in [0.2, 0.25) is 0 Å². The van der Waals surface area contributed by atoms with Crippen molar-refractivity contribution in [2.45, 2.75) is 32.6 Å². The summed E-state index contributed by atoms with van der Waals surface area (Å²) in [6.45, 7) is 6.11. The number of rotatable bonds is 4. The maximum absolute atomic E-state index is 3.86. The standard InChI is InChI=1S/C11H18/c1-3-5-7-11-9-6-8-10(11)4-2/h4,6,9-11H,2-3,5,7-8H2,1H3/t10-,11+/m1/s1. The average molecular weight is 150 g/mol. The van der Waals surface area contributed by atoms with E-state index in [2.05, 4.69) is 31.7 Å². The highest BCUT2D eigenvalue weighted by molar-refractivity contribution is 5.06. The maximum atomic E-state index is 3.86. The van der Waals surface area contributed by atoms with Crippen molar-refractivity contribution in [3.63, 3.8) is 0 Å². The molecule has 11 heavy (non-hydrogen) atoms. The van der Waals surface area contributed by atoms with E-state index < -0.39 is 0 Å². The second-order valence-electron chi connectivity index (χ2n) is 3.37. The molecule has 0 N–H and O–H groups in total. The van der Waals surface area contributed by atoms with Crippen LogP contribution < -0.4 is 0 Å². The SMILES string of the molecule is C=C[C@@H]1CC=C[C@@H]1CCCC. The quantitative estimate of drug-likeness (QED) is 0.537. The van der Waals surface area contributed by atoms with Crippen LogP contribution in [0.15, 0.2) is 24.8 Å². The van der Waals surface area contributed by atoms with Gasteiger partial charge in [0.2, 0.25) is 0 Å². The zero-order chi connectivity index (χ0) is 8.10. The van der Waals surface area contributed by atoms with Gasteiger partial charge in [0.25, 0.3) is 0 Å². The van der Waals surface area contributed by atoms with Crippen LogP contribution in [-0.4, -0.2) is 0 Å². The van der Waals surface area contributed by atoms with Crippen LogP contribution in [0.4, 0.5) is 0 Å². The Morgan fingerprint density at radius 2 is 2.45 bits per heavy atom. The highest BCUT2D eigenvalue weighted by atomic mass is 14.2. The minimum atomic E-state index is 0.738. The smallest absolute Gasteiger partial charge is 0.0139 e. The summed E-state index contributed by atoms with van der Waals surface area (Å²) >= 11 is 0. The van der Waals surface area contributed by atoms with Crippen LogP contribution in [0.25, 0.3) is 0 Å². The molecule has 0 saturated heterocycles. The van der Waals surface area contributed by atoms with Crippen molar-refractivity contribution in [3.05, 3.63) is 24.8 Å². The van der Waals surface area contributed by atoms with E-state index in [0.717, 1.165) is 11.8 Å². The molecule has 0 aromatic rings. The molecule has 0 unspecified atom stereocenters. The lowest BCUT2D eigenvalue weighted by Crippen LogP contribution is -2.04. The van der Waals surface area contributed by atoms with Gasteiger partial charge in [0.15, 0.2) is 0 Å². The second kappa shape index (κ2) is 4.38. The van der Waals surface area contributed by atoms with Gasteiger partial charge in [-0.15, -0.1) is 6.58 Å². The summed E-state index contributed by atoms with van der Waals surface area (Å²) in [5, 5.41) is 0. The van der Waals surface area contributed by atoms with E-state index in [-0.39, 0.29) is 0 Å². The van der Waals surface area contributed by atoms with Gasteiger partial charge in [0.05, 0.1) is 0 Å². The van der Waals surface area contributed by atoms with Crippen LogP contribution in [-0.2, 0) is 0 Å². The van der Waals surface area contributed by atoms with E-state index in [1.54, 1.807) is 0 Å². The molecule has 1 aliphatic rings. The summed E-state index contributed by atoms with van der Waals surface area (Å²) in [6.07, 6.45) is 12.0. The summed E-state index contributed by atoms with van der Waals surface area (Å²) in [6, 6.07) is 0. The van der Waals surface area contributed by atoms with Gasteiger partial charge < -0.3 is 0 Å². The molecular weight excluding hydrogens is 132 g/mol. The summed E-state index contributed by atoms with van der Waals surface area (Å²) in [7, 11) is 0. The molecule has 0 nitrogen and oxygen atoms in total. The minimum Gasteiger partial charge on any atom is -0.103 e. The number of hydrogen-bond donors (Lipinski definition) is 0.